The number of ether oxygens (including phenoxy) is 2. The molecule has 0 aromatic rings. The van der Waals surface area contributed by atoms with Gasteiger partial charge in [0.25, 0.3) is 0 Å². The molecule has 1 saturated heterocycles. The molecule has 5 atom stereocenters. The summed E-state index contributed by atoms with van der Waals surface area (Å²) < 4.78 is 11.8. The molecule has 0 aromatic heterocycles. The maximum atomic E-state index is 6.13. The second-order valence-corrected chi connectivity index (χ2v) is 5.58. The minimum atomic E-state index is 0.0398. The molecular formula is C13H25NO2. The highest BCUT2D eigenvalue weighted by Crippen LogP contribution is 2.32. The van der Waals surface area contributed by atoms with Gasteiger partial charge in [0.15, 0.2) is 6.29 Å². The molecule has 0 aromatic carbocycles. The summed E-state index contributed by atoms with van der Waals surface area (Å²) in [7, 11) is 0. The highest BCUT2D eigenvalue weighted by atomic mass is 16.7. The monoisotopic (exact) mass is 227 g/mol. The molecule has 0 radical (unpaired) electrons. The van der Waals surface area contributed by atoms with Gasteiger partial charge in [0.2, 0.25) is 0 Å². The van der Waals surface area contributed by atoms with Gasteiger partial charge in [-0.25, -0.2) is 0 Å². The van der Waals surface area contributed by atoms with Crippen molar-refractivity contribution in [3.8, 4) is 0 Å². The lowest BCUT2D eigenvalue weighted by atomic mass is 9.78. The minimum absolute atomic E-state index is 0.0398. The quantitative estimate of drug-likeness (QED) is 0.787. The van der Waals surface area contributed by atoms with Crippen LogP contribution in [-0.4, -0.2) is 25.0 Å². The van der Waals surface area contributed by atoms with Crippen molar-refractivity contribution in [3.63, 3.8) is 0 Å². The molecule has 1 aliphatic heterocycles. The van der Waals surface area contributed by atoms with Crippen LogP contribution in [-0.2, 0) is 9.47 Å². The zero-order valence-corrected chi connectivity index (χ0v) is 10.5. The smallest absolute Gasteiger partial charge is 0.157 e. The summed E-state index contributed by atoms with van der Waals surface area (Å²) in [5, 5.41) is 0. The number of hydrogen-bond acceptors (Lipinski definition) is 3. The molecule has 2 fully saturated rings. The molecule has 16 heavy (non-hydrogen) atoms. The van der Waals surface area contributed by atoms with Gasteiger partial charge in [-0.2, -0.15) is 0 Å². The van der Waals surface area contributed by atoms with Crippen LogP contribution in [0, 0.1) is 11.8 Å². The first-order valence-corrected chi connectivity index (χ1v) is 6.69. The van der Waals surface area contributed by atoms with Crippen LogP contribution in [0.3, 0.4) is 0 Å². The second kappa shape index (κ2) is 5.48. The summed E-state index contributed by atoms with van der Waals surface area (Å²) in [6.45, 7) is 5.37. The van der Waals surface area contributed by atoms with Crippen molar-refractivity contribution < 1.29 is 9.47 Å². The molecule has 3 heteroatoms. The molecule has 1 aliphatic carbocycles. The van der Waals surface area contributed by atoms with Gasteiger partial charge >= 0.3 is 0 Å². The molecule has 1 unspecified atom stereocenters. The summed E-state index contributed by atoms with van der Waals surface area (Å²) in [6.07, 6.45) is 6.02. The van der Waals surface area contributed by atoms with E-state index in [0.717, 1.165) is 25.9 Å². The molecule has 1 saturated carbocycles. The highest BCUT2D eigenvalue weighted by Gasteiger charge is 2.34. The van der Waals surface area contributed by atoms with E-state index in [4.69, 9.17) is 15.2 Å². The Morgan fingerprint density at radius 3 is 2.38 bits per heavy atom. The molecule has 94 valence electrons. The van der Waals surface area contributed by atoms with Crippen molar-refractivity contribution >= 4 is 0 Å². The molecule has 2 N–H and O–H groups in total. The van der Waals surface area contributed by atoms with Crippen LogP contribution < -0.4 is 5.73 Å². The SMILES string of the molecule is C[C@@H]1C[C@@H](N)C[C@H](C)[C@H]1OC1CCCCO1. The van der Waals surface area contributed by atoms with E-state index < -0.39 is 0 Å². The van der Waals surface area contributed by atoms with Gasteiger partial charge in [0.1, 0.15) is 0 Å². The molecule has 0 bridgehead atoms. The average Bonchev–Trinajstić information content (AvgIpc) is 2.25. The van der Waals surface area contributed by atoms with Crippen LogP contribution in [0.5, 0.6) is 0 Å². The maximum absolute atomic E-state index is 6.13. The molecule has 2 rings (SSSR count). The number of nitrogens with two attached hydrogens (primary N) is 1. The number of rotatable bonds is 2. The zero-order chi connectivity index (χ0) is 11.5. The van der Waals surface area contributed by atoms with Crippen LogP contribution in [0.2, 0.25) is 0 Å². The van der Waals surface area contributed by atoms with E-state index in [9.17, 15) is 0 Å². The topological polar surface area (TPSA) is 44.5 Å². The van der Waals surface area contributed by atoms with Crippen molar-refractivity contribution in [3.05, 3.63) is 0 Å². The Morgan fingerprint density at radius 1 is 1.12 bits per heavy atom. The summed E-state index contributed by atoms with van der Waals surface area (Å²) in [5.74, 6) is 1.12. The van der Waals surface area contributed by atoms with Crippen LogP contribution in [0.4, 0.5) is 0 Å². The Kier molecular flexibility index (Phi) is 4.22. The fourth-order valence-electron chi connectivity index (χ4n) is 3.14. The van der Waals surface area contributed by atoms with Crippen LogP contribution in [0.15, 0.2) is 0 Å². The van der Waals surface area contributed by atoms with Crippen LogP contribution >= 0.6 is 0 Å². The summed E-state index contributed by atoms with van der Waals surface area (Å²) in [5.41, 5.74) is 6.02. The van der Waals surface area contributed by atoms with Gasteiger partial charge in [0, 0.05) is 12.6 Å². The average molecular weight is 227 g/mol. The van der Waals surface area contributed by atoms with Crippen molar-refractivity contribution in [2.24, 2.45) is 17.6 Å². The molecule has 0 spiro atoms. The molecule has 1 heterocycles. The Balaban J connectivity index is 1.86. The molecule has 0 amide bonds. The summed E-state index contributed by atoms with van der Waals surface area (Å²) >= 11 is 0. The largest absolute Gasteiger partial charge is 0.353 e. The third-order valence-electron chi connectivity index (χ3n) is 3.92. The Morgan fingerprint density at radius 2 is 1.81 bits per heavy atom. The first kappa shape index (κ1) is 12.3. The zero-order valence-electron chi connectivity index (χ0n) is 10.5. The van der Waals surface area contributed by atoms with Crippen molar-refractivity contribution in [1.82, 2.24) is 0 Å². The molecule has 3 nitrogen and oxygen atoms in total. The van der Waals surface area contributed by atoms with Gasteiger partial charge in [-0.15, -0.1) is 0 Å². The van der Waals surface area contributed by atoms with E-state index in [1.807, 2.05) is 0 Å². The first-order valence-electron chi connectivity index (χ1n) is 6.69. The Labute approximate surface area is 98.7 Å². The van der Waals surface area contributed by atoms with Crippen LogP contribution in [0.25, 0.3) is 0 Å². The standard InChI is InChI=1S/C13H25NO2/c1-9-7-11(14)8-10(2)13(9)16-12-5-3-4-6-15-12/h9-13H,3-8,14H2,1-2H3/t9-,10+,11-,12?,13+. The van der Waals surface area contributed by atoms with Gasteiger partial charge in [-0.3, -0.25) is 0 Å². The number of hydrogen-bond donors (Lipinski definition) is 1. The lowest BCUT2D eigenvalue weighted by Gasteiger charge is -2.40. The van der Waals surface area contributed by atoms with Crippen molar-refractivity contribution in [1.29, 1.82) is 0 Å². The minimum Gasteiger partial charge on any atom is -0.353 e. The van der Waals surface area contributed by atoms with E-state index in [-0.39, 0.29) is 6.29 Å². The second-order valence-electron chi connectivity index (χ2n) is 5.58. The van der Waals surface area contributed by atoms with E-state index >= 15 is 0 Å². The first-order chi connectivity index (χ1) is 7.66. The van der Waals surface area contributed by atoms with Gasteiger partial charge in [-0.1, -0.05) is 13.8 Å². The van der Waals surface area contributed by atoms with Crippen molar-refractivity contribution in [2.45, 2.75) is 64.4 Å². The van der Waals surface area contributed by atoms with E-state index in [0.29, 0.717) is 24.0 Å². The van der Waals surface area contributed by atoms with Gasteiger partial charge in [-0.05, 0) is 43.9 Å². The highest BCUT2D eigenvalue weighted by molar-refractivity contribution is 4.85. The lowest BCUT2D eigenvalue weighted by molar-refractivity contribution is -0.213. The normalized spacial score (nSPS) is 45.6. The van der Waals surface area contributed by atoms with Gasteiger partial charge in [0.05, 0.1) is 6.10 Å². The lowest BCUT2D eigenvalue weighted by Crippen LogP contribution is -2.44. The Hall–Kier alpha value is -0.120. The van der Waals surface area contributed by atoms with Crippen molar-refractivity contribution in [2.75, 3.05) is 6.61 Å². The predicted octanol–water partition coefficient (Wildman–Crippen LogP) is 2.29. The van der Waals surface area contributed by atoms with E-state index in [1.165, 1.54) is 12.8 Å². The molecular weight excluding hydrogens is 202 g/mol. The van der Waals surface area contributed by atoms with Crippen LogP contribution in [0.1, 0.15) is 46.0 Å². The summed E-state index contributed by atoms with van der Waals surface area (Å²) in [4.78, 5) is 0. The molecule has 2 aliphatic rings. The Bertz CT molecular complexity index is 204. The summed E-state index contributed by atoms with van der Waals surface area (Å²) in [6, 6.07) is 0.358. The predicted molar refractivity (Wildman–Crippen MR) is 64.0 cm³/mol. The fourth-order valence-corrected chi connectivity index (χ4v) is 3.14. The third kappa shape index (κ3) is 2.96. The van der Waals surface area contributed by atoms with E-state index in [1.54, 1.807) is 0 Å². The maximum Gasteiger partial charge on any atom is 0.157 e. The van der Waals surface area contributed by atoms with E-state index in [2.05, 4.69) is 13.8 Å². The van der Waals surface area contributed by atoms with Gasteiger partial charge < -0.3 is 15.2 Å². The fraction of sp³-hybridized carbons (Fsp3) is 1.00. The third-order valence-corrected chi connectivity index (χ3v) is 3.92.